The molecule has 252 valence electrons. The number of hydrogen-bond acceptors (Lipinski definition) is 10. The molecule has 4 rings (SSSR count). The Balaban J connectivity index is 0.000000419. The van der Waals surface area contributed by atoms with Crippen molar-refractivity contribution < 1.29 is 37.9 Å². The first-order chi connectivity index (χ1) is 21.0. The third-order valence-corrected chi connectivity index (χ3v) is 7.75. The van der Waals surface area contributed by atoms with Crippen LogP contribution in [0, 0.1) is 21.7 Å². The highest BCUT2D eigenvalue weighted by atomic mass is 19.1. The van der Waals surface area contributed by atoms with Crippen LogP contribution in [0.3, 0.4) is 0 Å². The molecule has 0 saturated carbocycles. The average Bonchev–Trinajstić information content (AvgIpc) is 3.06. The maximum atomic E-state index is 14.2. The van der Waals surface area contributed by atoms with Crippen LogP contribution < -0.4 is 5.73 Å². The fraction of sp³-hybridized carbons (Fsp3) is 0.533. The Morgan fingerprint density at radius 1 is 0.800 bits per heavy atom. The standard InChI is InChI=1S/C14H18FN3O4.C14H20FN3O2.CH4O.CH4/c1-10(11-4-3-5-12(13(11)15)18(20)21)16-6-8-17(9-7-16)14(19)22-2;1-10(11-4-3-5-12(16)13(11)15)17-6-8-18(9-7-17)14(19)20-2;1-2;/h3-5,10H,6-9H2,1-2H3;3-5,10H,6-9,16H2,1-2H3;2H,1H3;1H4/t2*10-;;/m00../s1. The Hall–Kier alpha value is -4.08. The summed E-state index contributed by atoms with van der Waals surface area (Å²) in [5.74, 6) is -1.15. The van der Waals surface area contributed by atoms with Gasteiger partial charge in [0.15, 0.2) is 5.82 Å². The first-order valence-electron chi connectivity index (χ1n) is 14.0. The van der Waals surface area contributed by atoms with E-state index in [9.17, 15) is 28.5 Å². The lowest BCUT2D eigenvalue weighted by atomic mass is 10.0. The molecule has 2 amide bonds. The molecule has 2 aromatic carbocycles. The van der Waals surface area contributed by atoms with Gasteiger partial charge >= 0.3 is 17.9 Å². The van der Waals surface area contributed by atoms with Crippen LogP contribution in [0.4, 0.5) is 29.7 Å². The molecule has 0 aromatic heterocycles. The molecule has 15 heteroatoms. The number of nitrogen functional groups attached to an aromatic ring is 1. The number of benzene rings is 2. The van der Waals surface area contributed by atoms with Crippen LogP contribution in [0.1, 0.15) is 44.5 Å². The van der Waals surface area contributed by atoms with Crippen LogP contribution in [0.5, 0.6) is 0 Å². The van der Waals surface area contributed by atoms with Gasteiger partial charge in [0.05, 0.1) is 24.8 Å². The van der Waals surface area contributed by atoms with E-state index in [1.807, 2.05) is 11.8 Å². The number of aliphatic hydroxyl groups excluding tert-OH is 1. The first kappa shape index (κ1) is 38.9. The highest BCUT2D eigenvalue weighted by Gasteiger charge is 2.29. The number of carbonyl (C=O) groups is 2. The molecule has 0 bridgehead atoms. The zero-order valence-electron chi connectivity index (χ0n) is 25.7. The van der Waals surface area contributed by atoms with Crippen molar-refractivity contribution in [2.75, 3.05) is 79.4 Å². The summed E-state index contributed by atoms with van der Waals surface area (Å²) in [7, 11) is 3.70. The van der Waals surface area contributed by atoms with Gasteiger partial charge in [0.1, 0.15) is 0 Å². The van der Waals surface area contributed by atoms with Gasteiger partial charge in [-0.25, -0.2) is 14.0 Å². The maximum absolute atomic E-state index is 14.2. The van der Waals surface area contributed by atoms with E-state index in [-0.39, 0.29) is 43.2 Å². The quantitative estimate of drug-likeness (QED) is 0.275. The lowest BCUT2D eigenvalue weighted by molar-refractivity contribution is -0.387. The number of aliphatic hydroxyl groups is 1. The van der Waals surface area contributed by atoms with Gasteiger partial charge in [0.2, 0.25) is 5.82 Å². The van der Waals surface area contributed by atoms with E-state index in [0.717, 1.165) is 13.2 Å². The summed E-state index contributed by atoms with van der Waals surface area (Å²) in [6.45, 7) is 8.36. The number of nitro benzene ring substituents is 1. The Bertz CT molecular complexity index is 1260. The summed E-state index contributed by atoms with van der Waals surface area (Å²) in [5, 5.41) is 17.8. The normalized spacial score (nSPS) is 16.4. The molecule has 2 aliphatic heterocycles. The number of ether oxygens (including phenoxy) is 2. The summed E-state index contributed by atoms with van der Waals surface area (Å²) in [6, 6.07) is 8.88. The van der Waals surface area contributed by atoms with Crippen molar-refractivity contribution in [3.05, 3.63) is 69.3 Å². The predicted octanol–water partition coefficient (Wildman–Crippen LogP) is 4.28. The molecule has 2 saturated heterocycles. The first-order valence-corrected chi connectivity index (χ1v) is 14.0. The minimum Gasteiger partial charge on any atom is -0.453 e. The highest BCUT2D eigenvalue weighted by molar-refractivity contribution is 5.67. The van der Waals surface area contributed by atoms with Gasteiger partial charge in [-0.2, -0.15) is 4.39 Å². The smallest absolute Gasteiger partial charge is 0.409 e. The Kier molecular flexibility index (Phi) is 16.2. The van der Waals surface area contributed by atoms with Gasteiger partial charge < -0.3 is 30.1 Å². The van der Waals surface area contributed by atoms with Crippen molar-refractivity contribution >= 4 is 23.6 Å². The number of nitrogens with two attached hydrogens (primary N) is 1. The number of halogens is 2. The summed E-state index contributed by atoms with van der Waals surface area (Å²) in [6.07, 6.45) is -0.693. The molecule has 0 radical (unpaired) electrons. The lowest BCUT2D eigenvalue weighted by Gasteiger charge is -2.37. The van der Waals surface area contributed by atoms with E-state index in [2.05, 4.69) is 9.64 Å². The third-order valence-electron chi connectivity index (χ3n) is 7.75. The molecule has 45 heavy (non-hydrogen) atoms. The molecule has 13 nitrogen and oxygen atoms in total. The van der Waals surface area contributed by atoms with Crippen molar-refractivity contribution in [1.29, 1.82) is 0 Å². The third kappa shape index (κ3) is 9.96. The van der Waals surface area contributed by atoms with Crippen molar-refractivity contribution in [2.24, 2.45) is 0 Å². The molecule has 2 aromatic rings. The van der Waals surface area contributed by atoms with Crippen LogP contribution in [0.2, 0.25) is 0 Å². The number of nitro groups is 1. The second kappa shape index (κ2) is 18.7. The fourth-order valence-corrected chi connectivity index (χ4v) is 5.13. The number of nitrogens with zero attached hydrogens (tertiary/aromatic N) is 5. The number of hydrogen-bond donors (Lipinski definition) is 2. The number of anilines is 1. The lowest BCUT2D eigenvalue weighted by Crippen LogP contribution is -2.49. The van der Waals surface area contributed by atoms with E-state index in [1.54, 1.807) is 41.0 Å². The van der Waals surface area contributed by atoms with Crippen molar-refractivity contribution in [2.45, 2.75) is 33.4 Å². The summed E-state index contributed by atoms with van der Waals surface area (Å²) in [5.41, 5.74) is 6.14. The maximum Gasteiger partial charge on any atom is 0.409 e. The minimum absolute atomic E-state index is 0. The number of rotatable bonds is 5. The zero-order chi connectivity index (χ0) is 33.0. The Labute approximate surface area is 263 Å². The Morgan fingerprint density at radius 3 is 1.56 bits per heavy atom. The number of amides is 2. The summed E-state index contributed by atoms with van der Waals surface area (Å²) in [4.78, 5) is 40.3. The SMILES string of the molecule is C.CO.COC(=O)N1CCN([C@@H](C)c2cccc(N)c2F)CC1.COC(=O)N1CCN([C@@H](C)c2cccc([N+](=O)[O-])c2F)CC1. The minimum atomic E-state index is -0.796. The van der Waals surface area contributed by atoms with E-state index in [0.29, 0.717) is 63.5 Å². The van der Waals surface area contributed by atoms with Gasteiger partial charge in [-0.3, -0.25) is 19.9 Å². The van der Waals surface area contributed by atoms with Gasteiger partial charge in [0.25, 0.3) is 0 Å². The molecule has 2 heterocycles. The van der Waals surface area contributed by atoms with Crippen molar-refractivity contribution in [1.82, 2.24) is 19.6 Å². The number of piperazine rings is 2. The zero-order valence-corrected chi connectivity index (χ0v) is 25.7. The van der Waals surface area contributed by atoms with Crippen molar-refractivity contribution in [3.63, 3.8) is 0 Å². The molecule has 2 fully saturated rings. The predicted molar refractivity (Wildman–Crippen MR) is 167 cm³/mol. The molecular weight excluding hydrogens is 594 g/mol. The van der Waals surface area contributed by atoms with Crippen LogP contribution in [-0.2, 0) is 9.47 Å². The molecular formula is C30H46F2N6O7. The fourth-order valence-electron chi connectivity index (χ4n) is 5.13. The monoisotopic (exact) mass is 640 g/mol. The second-order valence-corrected chi connectivity index (χ2v) is 10.0. The second-order valence-electron chi connectivity index (χ2n) is 10.0. The molecule has 3 N–H and O–H groups in total. The highest BCUT2D eigenvalue weighted by Crippen LogP contribution is 2.29. The summed E-state index contributed by atoms with van der Waals surface area (Å²) >= 11 is 0. The van der Waals surface area contributed by atoms with Crippen LogP contribution in [0.15, 0.2) is 36.4 Å². The number of methoxy groups -OCH3 is 2. The van der Waals surface area contributed by atoms with Gasteiger partial charge in [-0.1, -0.05) is 31.7 Å². The van der Waals surface area contributed by atoms with Gasteiger partial charge in [0, 0.05) is 88.7 Å². The van der Waals surface area contributed by atoms with E-state index < -0.39 is 16.4 Å². The topological polar surface area (TPSA) is 155 Å². The van der Waals surface area contributed by atoms with Crippen LogP contribution in [0.25, 0.3) is 0 Å². The largest absolute Gasteiger partial charge is 0.453 e. The Morgan fingerprint density at radius 2 is 1.18 bits per heavy atom. The molecule has 0 aliphatic carbocycles. The van der Waals surface area contributed by atoms with E-state index in [4.69, 9.17) is 15.6 Å². The van der Waals surface area contributed by atoms with E-state index >= 15 is 0 Å². The molecule has 2 aliphatic rings. The summed E-state index contributed by atoms with van der Waals surface area (Å²) < 4.78 is 37.6. The average molecular weight is 641 g/mol. The van der Waals surface area contributed by atoms with Crippen LogP contribution >= 0.6 is 0 Å². The molecule has 2 atom stereocenters. The van der Waals surface area contributed by atoms with Gasteiger partial charge in [-0.05, 0) is 19.9 Å². The van der Waals surface area contributed by atoms with Gasteiger partial charge in [-0.15, -0.1) is 0 Å². The van der Waals surface area contributed by atoms with Crippen molar-refractivity contribution in [3.8, 4) is 0 Å². The molecule has 0 unspecified atom stereocenters. The molecule has 0 spiro atoms. The number of carbonyl (C=O) groups excluding carboxylic acids is 2. The van der Waals surface area contributed by atoms with Crippen LogP contribution in [-0.4, -0.2) is 116 Å². The van der Waals surface area contributed by atoms with E-state index in [1.165, 1.54) is 20.3 Å².